The van der Waals surface area contributed by atoms with Gasteiger partial charge in [-0.25, -0.2) is 4.98 Å². The first-order valence-electron chi connectivity index (χ1n) is 7.35. The smallest absolute Gasteiger partial charge is 0.191 e. The zero-order valence-corrected chi connectivity index (χ0v) is 13.3. The molecular formula is C17H24N2O2. The summed E-state index contributed by atoms with van der Waals surface area (Å²) in [5.41, 5.74) is 2.24. The van der Waals surface area contributed by atoms with Gasteiger partial charge in [0.25, 0.3) is 0 Å². The molecule has 0 saturated carbocycles. The van der Waals surface area contributed by atoms with Gasteiger partial charge >= 0.3 is 0 Å². The zero-order valence-electron chi connectivity index (χ0n) is 13.3. The lowest BCUT2D eigenvalue weighted by molar-refractivity contribution is 0.236. The lowest BCUT2D eigenvalue weighted by Crippen LogP contribution is -2.26. The van der Waals surface area contributed by atoms with E-state index in [4.69, 9.17) is 9.15 Å². The van der Waals surface area contributed by atoms with E-state index in [0.717, 1.165) is 42.6 Å². The number of ether oxygens (including phenoxy) is 1. The van der Waals surface area contributed by atoms with Crippen LogP contribution >= 0.6 is 0 Å². The van der Waals surface area contributed by atoms with Crippen LogP contribution in [0.25, 0.3) is 0 Å². The summed E-state index contributed by atoms with van der Waals surface area (Å²) in [7, 11) is 2.09. The van der Waals surface area contributed by atoms with E-state index in [1.165, 1.54) is 5.56 Å². The van der Waals surface area contributed by atoms with Crippen molar-refractivity contribution < 1.29 is 9.15 Å². The largest absolute Gasteiger partial charge is 0.492 e. The van der Waals surface area contributed by atoms with Crippen molar-refractivity contribution in [2.45, 2.75) is 27.2 Å². The summed E-state index contributed by atoms with van der Waals surface area (Å²) in [5, 5.41) is 0. The zero-order chi connectivity index (χ0) is 15.2. The van der Waals surface area contributed by atoms with Crippen LogP contribution in [0.15, 0.2) is 28.7 Å². The van der Waals surface area contributed by atoms with Crippen molar-refractivity contribution in [3.63, 3.8) is 0 Å². The van der Waals surface area contributed by atoms with Gasteiger partial charge in [0.15, 0.2) is 5.89 Å². The fourth-order valence-electron chi connectivity index (χ4n) is 2.16. The van der Waals surface area contributed by atoms with E-state index < -0.39 is 0 Å². The highest BCUT2D eigenvalue weighted by Gasteiger charge is 2.08. The molecule has 0 atom stereocenters. The minimum Gasteiger partial charge on any atom is -0.492 e. The lowest BCUT2D eigenvalue weighted by atomic mass is 10.2. The van der Waals surface area contributed by atoms with E-state index >= 15 is 0 Å². The monoisotopic (exact) mass is 288 g/mol. The Morgan fingerprint density at radius 2 is 1.81 bits per heavy atom. The Labute approximate surface area is 126 Å². The number of nitrogens with zero attached hydrogens (tertiary/aromatic N) is 2. The van der Waals surface area contributed by atoms with Crippen LogP contribution in [-0.4, -0.2) is 36.6 Å². The second-order valence-corrected chi connectivity index (χ2v) is 5.46. The maximum atomic E-state index is 5.73. The molecule has 0 bridgehead atoms. The number of aryl methyl sites for hydroxylation is 3. The topological polar surface area (TPSA) is 38.5 Å². The fraction of sp³-hybridized carbons (Fsp3) is 0.471. The molecule has 1 aromatic carbocycles. The molecule has 0 aliphatic carbocycles. The summed E-state index contributed by atoms with van der Waals surface area (Å²) in [4.78, 5) is 6.53. The summed E-state index contributed by atoms with van der Waals surface area (Å²) >= 11 is 0. The minimum atomic E-state index is 0.688. The molecule has 2 aromatic rings. The van der Waals surface area contributed by atoms with E-state index in [0.29, 0.717) is 6.61 Å². The fourth-order valence-corrected chi connectivity index (χ4v) is 2.16. The van der Waals surface area contributed by atoms with Gasteiger partial charge in [0, 0.05) is 26.4 Å². The molecule has 1 heterocycles. The summed E-state index contributed by atoms with van der Waals surface area (Å²) in [5.74, 6) is 2.65. The molecule has 0 aliphatic rings. The average molecular weight is 288 g/mol. The van der Waals surface area contributed by atoms with Crippen molar-refractivity contribution in [3.8, 4) is 5.75 Å². The van der Waals surface area contributed by atoms with Gasteiger partial charge in [0.1, 0.15) is 18.1 Å². The van der Waals surface area contributed by atoms with Crippen molar-refractivity contribution in [2.24, 2.45) is 0 Å². The highest BCUT2D eigenvalue weighted by Crippen LogP contribution is 2.12. The summed E-state index contributed by atoms with van der Waals surface area (Å²) in [6.45, 7) is 8.47. The molecule has 0 radical (unpaired) electrons. The Kier molecular flexibility index (Phi) is 5.39. The van der Waals surface area contributed by atoms with Gasteiger partial charge in [-0.3, -0.25) is 0 Å². The molecule has 4 heteroatoms. The van der Waals surface area contributed by atoms with Crippen LogP contribution in [-0.2, 0) is 6.42 Å². The molecule has 0 amide bonds. The number of hydrogen-bond acceptors (Lipinski definition) is 4. The number of aromatic nitrogens is 1. The lowest BCUT2D eigenvalue weighted by Gasteiger charge is -2.16. The van der Waals surface area contributed by atoms with Crippen molar-refractivity contribution >= 4 is 0 Å². The molecule has 0 fully saturated rings. The second kappa shape index (κ2) is 7.27. The van der Waals surface area contributed by atoms with Crippen LogP contribution in [0.2, 0.25) is 0 Å². The first-order valence-corrected chi connectivity index (χ1v) is 7.35. The van der Waals surface area contributed by atoms with Crippen LogP contribution in [0.3, 0.4) is 0 Å². The Morgan fingerprint density at radius 3 is 2.43 bits per heavy atom. The van der Waals surface area contributed by atoms with Gasteiger partial charge in [0.05, 0.1) is 5.69 Å². The highest BCUT2D eigenvalue weighted by molar-refractivity contribution is 5.26. The van der Waals surface area contributed by atoms with Gasteiger partial charge in [-0.05, 0) is 33.0 Å². The van der Waals surface area contributed by atoms with Crippen molar-refractivity contribution in [2.75, 3.05) is 26.7 Å². The third-order valence-corrected chi connectivity index (χ3v) is 3.48. The predicted octanol–water partition coefficient (Wildman–Crippen LogP) is 3.15. The van der Waals surface area contributed by atoms with Crippen LogP contribution in [0, 0.1) is 20.8 Å². The molecule has 0 aliphatic heterocycles. The molecule has 0 unspecified atom stereocenters. The molecule has 0 spiro atoms. The number of benzene rings is 1. The maximum Gasteiger partial charge on any atom is 0.191 e. The quantitative estimate of drug-likeness (QED) is 0.784. The van der Waals surface area contributed by atoms with Crippen LogP contribution in [0.5, 0.6) is 5.75 Å². The predicted molar refractivity (Wildman–Crippen MR) is 83.9 cm³/mol. The SMILES string of the molecule is Cc1ccc(OCCN(C)CCc2oc(C)nc2C)cc1. The molecule has 21 heavy (non-hydrogen) atoms. The maximum absolute atomic E-state index is 5.73. The van der Waals surface area contributed by atoms with E-state index in [1.54, 1.807) is 0 Å². The normalized spacial score (nSPS) is 11.1. The van der Waals surface area contributed by atoms with E-state index in [2.05, 4.69) is 36.0 Å². The third kappa shape index (κ3) is 4.90. The molecular weight excluding hydrogens is 264 g/mol. The van der Waals surface area contributed by atoms with Crippen molar-refractivity contribution in [1.82, 2.24) is 9.88 Å². The van der Waals surface area contributed by atoms with Crippen LogP contribution < -0.4 is 4.74 Å². The van der Waals surface area contributed by atoms with Gasteiger partial charge in [0.2, 0.25) is 0 Å². The first kappa shape index (κ1) is 15.6. The van der Waals surface area contributed by atoms with Gasteiger partial charge in [-0.15, -0.1) is 0 Å². The first-order chi connectivity index (χ1) is 10.0. The summed E-state index contributed by atoms with van der Waals surface area (Å²) < 4.78 is 11.3. The number of oxazole rings is 1. The standard InChI is InChI=1S/C17H24N2O2/c1-13-5-7-16(8-6-13)20-12-11-19(4)10-9-17-14(2)18-15(3)21-17/h5-8H,9-12H2,1-4H3. The van der Waals surface area contributed by atoms with Crippen LogP contribution in [0.1, 0.15) is 22.9 Å². The summed E-state index contributed by atoms with van der Waals surface area (Å²) in [6.07, 6.45) is 0.883. The summed E-state index contributed by atoms with van der Waals surface area (Å²) in [6, 6.07) is 8.15. The minimum absolute atomic E-state index is 0.688. The number of hydrogen-bond donors (Lipinski definition) is 0. The molecule has 1 aromatic heterocycles. The third-order valence-electron chi connectivity index (χ3n) is 3.48. The van der Waals surface area contributed by atoms with E-state index in [9.17, 15) is 0 Å². The Morgan fingerprint density at radius 1 is 1.10 bits per heavy atom. The molecule has 4 nitrogen and oxygen atoms in total. The Hall–Kier alpha value is -1.81. The number of likely N-dealkylation sites (N-methyl/N-ethyl adjacent to an activating group) is 1. The number of rotatable bonds is 7. The van der Waals surface area contributed by atoms with Crippen LogP contribution in [0.4, 0.5) is 0 Å². The van der Waals surface area contributed by atoms with Crippen molar-refractivity contribution in [3.05, 3.63) is 47.2 Å². The van der Waals surface area contributed by atoms with Gasteiger partial charge in [-0.2, -0.15) is 0 Å². The second-order valence-electron chi connectivity index (χ2n) is 5.46. The Bertz CT molecular complexity index is 561. The van der Waals surface area contributed by atoms with E-state index in [-0.39, 0.29) is 0 Å². The molecule has 0 N–H and O–H groups in total. The molecule has 2 rings (SSSR count). The highest BCUT2D eigenvalue weighted by atomic mass is 16.5. The van der Waals surface area contributed by atoms with E-state index in [1.807, 2.05) is 26.0 Å². The molecule has 114 valence electrons. The van der Waals surface area contributed by atoms with Gasteiger partial charge < -0.3 is 14.1 Å². The van der Waals surface area contributed by atoms with Gasteiger partial charge in [-0.1, -0.05) is 17.7 Å². The average Bonchev–Trinajstić information content (AvgIpc) is 2.77. The molecule has 0 saturated heterocycles. The Balaban J connectivity index is 1.69. The van der Waals surface area contributed by atoms with Crippen molar-refractivity contribution in [1.29, 1.82) is 0 Å².